The summed E-state index contributed by atoms with van der Waals surface area (Å²) in [6.07, 6.45) is 0.520. The number of amides is 1. The number of carbonyl (C=O) groups excluding carboxylic acids is 1. The van der Waals surface area contributed by atoms with Gasteiger partial charge in [0.15, 0.2) is 0 Å². The van der Waals surface area contributed by atoms with Crippen LogP contribution in [0.3, 0.4) is 0 Å². The van der Waals surface area contributed by atoms with Crippen molar-refractivity contribution in [1.29, 1.82) is 0 Å². The normalized spacial score (nSPS) is 14.9. The number of hydrogen-bond donors (Lipinski definition) is 2. The summed E-state index contributed by atoms with van der Waals surface area (Å²) in [5, 5.41) is 3.59. The molecule has 1 fully saturated rings. The third-order valence-electron chi connectivity index (χ3n) is 4.73. The van der Waals surface area contributed by atoms with Gasteiger partial charge in [-0.3, -0.25) is 4.79 Å². The van der Waals surface area contributed by atoms with Gasteiger partial charge in [-0.25, -0.2) is 0 Å². The highest BCUT2D eigenvalue weighted by Gasteiger charge is 2.22. The molecule has 1 heterocycles. The zero-order valence-corrected chi connectivity index (χ0v) is 15.8. The van der Waals surface area contributed by atoms with Crippen molar-refractivity contribution in [2.45, 2.75) is 6.42 Å². The molecule has 2 aromatic carbocycles. The topological polar surface area (TPSA) is 46.0 Å². The lowest BCUT2D eigenvalue weighted by atomic mass is 10.2. The van der Waals surface area contributed by atoms with Crippen LogP contribution < -0.4 is 19.9 Å². The molecule has 138 valence electrons. The van der Waals surface area contributed by atoms with E-state index in [0.717, 1.165) is 49.8 Å². The number of halogens is 1. The maximum atomic E-state index is 12.1. The molecular formula is C20H25ClN3O2+. The number of methoxy groups -OCH3 is 1. The molecule has 6 heteroatoms. The zero-order chi connectivity index (χ0) is 18.4. The third kappa shape index (κ3) is 4.90. The van der Waals surface area contributed by atoms with Gasteiger partial charge in [-0.1, -0.05) is 23.7 Å². The molecule has 1 aliphatic heterocycles. The van der Waals surface area contributed by atoms with Gasteiger partial charge < -0.3 is 19.9 Å². The lowest BCUT2D eigenvalue weighted by molar-refractivity contribution is -0.900. The van der Waals surface area contributed by atoms with Gasteiger partial charge in [-0.05, 0) is 36.4 Å². The number of carbonyl (C=O) groups is 1. The van der Waals surface area contributed by atoms with Crippen molar-refractivity contribution in [3.05, 3.63) is 53.6 Å². The summed E-state index contributed by atoms with van der Waals surface area (Å²) < 4.78 is 5.46. The minimum Gasteiger partial charge on any atom is -0.495 e. The van der Waals surface area contributed by atoms with Crippen LogP contribution in [0.4, 0.5) is 11.4 Å². The average molecular weight is 375 g/mol. The lowest BCUT2D eigenvalue weighted by Crippen LogP contribution is -3.15. The minimum absolute atomic E-state index is 0.0481. The number of nitrogens with one attached hydrogen (secondary N) is 2. The second-order valence-electron chi connectivity index (χ2n) is 6.46. The zero-order valence-electron chi connectivity index (χ0n) is 15.0. The van der Waals surface area contributed by atoms with Crippen molar-refractivity contribution < 1.29 is 14.4 Å². The lowest BCUT2D eigenvalue weighted by Gasteiger charge is -2.34. The van der Waals surface area contributed by atoms with Gasteiger partial charge in [0.2, 0.25) is 5.91 Å². The molecule has 0 aromatic heterocycles. The maximum absolute atomic E-state index is 12.1. The van der Waals surface area contributed by atoms with E-state index in [1.54, 1.807) is 19.2 Å². The van der Waals surface area contributed by atoms with Crippen LogP contribution in [-0.2, 0) is 4.79 Å². The van der Waals surface area contributed by atoms with Crippen molar-refractivity contribution in [3.8, 4) is 5.75 Å². The molecule has 0 atom stereocenters. The van der Waals surface area contributed by atoms with E-state index in [-0.39, 0.29) is 5.91 Å². The van der Waals surface area contributed by atoms with Crippen molar-refractivity contribution in [2.75, 3.05) is 50.1 Å². The Kier molecular flexibility index (Phi) is 6.36. The molecule has 1 aliphatic rings. The highest BCUT2D eigenvalue weighted by Crippen LogP contribution is 2.27. The number of anilines is 2. The van der Waals surface area contributed by atoms with E-state index in [0.29, 0.717) is 11.4 Å². The first-order valence-corrected chi connectivity index (χ1v) is 9.30. The van der Waals surface area contributed by atoms with E-state index in [1.165, 1.54) is 4.90 Å². The highest BCUT2D eigenvalue weighted by atomic mass is 35.5. The Balaban J connectivity index is 1.44. The molecule has 2 N–H and O–H groups in total. The van der Waals surface area contributed by atoms with Gasteiger partial charge >= 0.3 is 0 Å². The van der Waals surface area contributed by atoms with Gasteiger partial charge in [0, 0.05) is 10.7 Å². The Labute approximate surface area is 159 Å². The smallest absolute Gasteiger partial charge is 0.230 e. The van der Waals surface area contributed by atoms with Crippen LogP contribution in [0, 0.1) is 0 Å². The monoisotopic (exact) mass is 374 g/mol. The van der Waals surface area contributed by atoms with Crippen LogP contribution in [0.15, 0.2) is 48.5 Å². The number of nitrogens with zero attached hydrogens (tertiary/aromatic N) is 1. The molecule has 1 amide bonds. The minimum atomic E-state index is 0.0481. The van der Waals surface area contributed by atoms with Crippen LogP contribution in [0.25, 0.3) is 0 Å². The van der Waals surface area contributed by atoms with Crippen molar-refractivity contribution in [1.82, 2.24) is 0 Å². The Morgan fingerprint density at radius 2 is 1.85 bits per heavy atom. The molecule has 0 radical (unpaired) electrons. The first-order valence-electron chi connectivity index (χ1n) is 8.92. The predicted octanol–water partition coefficient (Wildman–Crippen LogP) is 2.08. The summed E-state index contributed by atoms with van der Waals surface area (Å²) in [4.78, 5) is 15.9. The molecule has 26 heavy (non-hydrogen) atoms. The van der Waals surface area contributed by atoms with Crippen molar-refractivity contribution in [2.24, 2.45) is 0 Å². The van der Waals surface area contributed by atoms with Gasteiger partial charge in [0.05, 0.1) is 51.9 Å². The standard InChI is InChI=1S/C20H24ClN3O2/c1-26-19-5-3-2-4-18(19)24-14-12-23(13-15-24)11-10-20(25)22-17-8-6-16(21)7-9-17/h2-9H,10-15H2,1H3,(H,22,25)/p+1. The molecule has 3 rings (SSSR count). The van der Waals surface area contributed by atoms with E-state index in [9.17, 15) is 4.79 Å². The Morgan fingerprint density at radius 3 is 2.54 bits per heavy atom. The molecular weight excluding hydrogens is 350 g/mol. The third-order valence-corrected chi connectivity index (χ3v) is 4.98. The summed E-state index contributed by atoms with van der Waals surface area (Å²) in [6, 6.07) is 15.3. The Morgan fingerprint density at radius 1 is 1.15 bits per heavy atom. The number of piperazine rings is 1. The highest BCUT2D eigenvalue weighted by molar-refractivity contribution is 6.30. The van der Waals surface area contributed by atoms with Crippen LogP contribution in [0.1, 0.15) is 6.42 Å². The molecule has 5 nitrogen and oxygen atoms in total. The second-order valence-corrected chi connectivity index (χ2v) is 6.90. The number of benzene rings is 2. The maximum Gasteiger partial charge on any atom is 0.230 e. The van der Waals surface area contributed by atoms with E-state index < -0.39 is 0 Å². The molecule has 1 saturated heterocycles. The molecule has 0 saturated carbocycles. The van der Waals surface area contributed by atoms with E-state index in [1.807, 2.05) is 30.3 Å². The summed E-state index contributed by atoms with van der Waals surface area (Å²) in [6.45, 7) is 4.82. The van der Waals surface area contributed by atoms with Gasteiger partial charge in [-0.2, -0.15) is 0 Å². The molecule has 0 unspecified atom stereocenters. The van der Waals surface area contributed by atoms with Crippen molar-refractivity contribution in [3.63, 3.8) is 0 Å². The van der Waals surface area contributed by atoms with E-state index in [4.69, 9.17) is 16.3 Å². The number of quaternary nitrogens is 1. The number of hydrogen-bond acceptors (Lipinski definition) is 3. The Hall–Kier alpha value is -2.24. The summed E-state index contributed by atoms with van der Waals surface area (Å²) in [5.74, 6) is 0.963. The molecule has 0 bridgehead atoms. The number of para-hydroxylation sites is 2. The second kappa shape index (κ2) is 8.92. The first-order chi connectivity index (χ1) is 12.7. The fraction of sp³-hybridized carbons (Fsp3) is 0.350. The average Bonchev–Trinajstić information content (AvgIpc) is 2.68. The number of ether oxygens (including phenoxy) is 1. The van der Waals surface area contributed by atoms with Crippen LogP contribution in [-0.4, -0.2) is 45.7 Å². The molecule has 0 spiro atoms. The van der Waals surface area contributed by atoms with Crippen molar-refractivity contribution >= 4 is 28.9 Å². The van der Waals surface area contributed by atoms with Gasteiger partial charge in [0.25, 0.3) is 0 Å². The fourth-order valence-electron chi connectivity index (χ4n) is 3.25. The SMILES string of the molecule is COc1ccccc1N1CC[NH+](CCC(=O)Nc2ccc(Cl)cc2)CC1. The summed E-state index contributed by atoms with van der Waals surface area (Å²) in [7, 11) is 1.71. The van der Waals surface area contributed by atoms with Gasteiger partial charge in [-0.15, -0.1) is 0 Å². The summed E-state index contributed by atoms with van der Waals surface area (Å²) >= 11 is 5.86. The van der Waals surface area contributed by atoms with Crippen LogP contribution >= 0.6 is 11.6 Å². The van der Waals surface area contributed by atoms with Gasteiger partial charge in [0.1, 0.15) is 5.75 Å². The van der Waals surface area contributed by atoms with E-state index in [2.05, 4.69) is 16.3 Å². The van der Waals surface area contributed by atoms with Crippen LogP contribution in [0.2, 0.25) is 5.02 Å². The fourth-order valence-corrected chi connectivity index (χ4v) is 3.38. The molecule has 2 aromatic rings. The molecule has 0 aliphatic carbocycles. The number of rotatable bonds is 6. The summed E-state index contributed by atoms with van der Waals surface area (Å²) in [5.41, 5.74) is 1.94. The quantitative estimate of drug-likeness (QED) is 0.813. The predicted molar refractivity (Wildman–Crippen MR) is 105 cm³/mol. The Bertz CT molecular complexity index is 728. The van der Waals surface area contributed by atoms with E-state index >= 15 is 0 Å². The first kappa shape index (κ1) is 18.5. The van der Waals surface area contributed by atoms with Crippen LogP contribution in [0.5, 0.6) is 5.75 Å². The largest absolute Gasteiger partial charge is 0.495 e.